The molecule has 1 N–H and O–H groups in total. The number of rotatable bonds is 5. The highest BCUT2D eigenvalue weighted by atomic mass is 79.9. The second kappa shape index (κ2) is 7.46. The van der Waals surface area contributed by atoms with Crippen LogP contribution >= 0.6 is 27.3 Å². The lowest BCUT2D eigenvalue weighted by Crippen LogP contribution is -2.30. The first-order valence-electron chi connectivity index (χ1n) is 6.91. The molecule has 0 saturated heterocycles. The minimum Gasteiger partial charge on any atom is -0.322 e. The summed E-state index contributed by atoms with van der Waals surface area (Å²) in [4.78, 5) is 15.0. The van der Waals surface area contributed by atoms with Crippen LogP contribution in [0.3, 0.4) is 0 Å². The zero-order valence-corrected chi connectivity index (χ0v) is 16.0. The molecule has 124 valence electrons. The summed E-state index contributed by atoms with van der Waals surface area (Å²) in [6.07, 6.45) is 0. The van der Waals surface area contributed by atoms with Crippen molar-refractivity contribution in [3.05, 3.63) is 45.1 Å². The van der Waals surface area contributed by atoms with Crippen LogP contribution in [-0.2, 0) is 16.4 Å². The van der Waals surface area contributed by atoms with Crippen LogP contribution in [0.4, 0.5) is 10.5 Å². The Morgan fingerprint density at radius 1 is 1.30 bits per heavy atom. The summed E-state index contributed by atoms with van der Waals surface area (Å²) in [5.74, 6) is 0.0254. The van der Waals surface area contributed by atoms with Gasteiger partial charge >= 0.3 is 6.03 Å². The molecule has 5 nitrogen and oxygen atoms in total. The molecule has 0 aliphatic carbocycles. The van der Waals surface area contributed by atoms with Crippen molar-refractivity contribution < 1.29 is 13.2 Å². The van der Waals surface area contributed by atoms with Crippen LogP contribution in [0, 0.1) is 0 Å². The fraction of sp³-hybridized carbons (Fsp3) is 0.267. The highest BCUT2D eigenvalue weighted by Gasteiger charge is 2.14. The molecule has 2 rings (SSSR count). The van der Waals surface area contributed by atoms with Crippen LogP contribution < -0.4 is 5.32 Å². The monoisotopic (exact) mass is 416 g/mol. The Morgan fingerprint density at radius 2 is 2.04 bits per heavy atom. The van der Waals surface area contributed by atoms with E-state index >= 15 is 0 Å². The predicted molar refractivity (Wildman–Crippen MR) is 96.7 cm³/mol. The molecule has 0 radical (unpaired) electrons. The van der Waals surface area contributed by atoms with Crippen molar-refractivity contribution in [2.24, 2.45) is 0 Å². The third kappa shape index (κ3) is 4.79. The lowest BCUT2D eigenvalue weighted by Gasteiger charge is -2.17. The van der Waals surface area contributed by atoms with Gasteiger partial charge in [-0.25, -0.2) is 13.2 Å². The van der Waals surface area contributed by atoms with Gasteiger partial charge in [-0.3, -0.25) is 0 Å². The Balaban J connectivity index is 2.06. The molecule has 0 fully saturated rings. The first-order chi connectivity index (χ1) is 10.8. The van der Waals surface area contributed by atoms with E-state index in [0.717, 1.165) is 8.66 Å². The first kappa shape index (κ1) is 18.0. The zero-order valence-electron chi connectivity index (χ0n) is 12.7. The van der Waals surface area contributed by atoms with E-state index in [9.17, 15) is 13.2 Å². The average Bonchev–Trinajstić information content (AvgIpc) is 2.92. The second-order valence-corrected chi connectivity index (χ2v) is 9.75. The molecule has 0 aliphatic heterocycles. The number of halogens is 1. The summed E-state index contributed by atoms with van der Waals surface area (Å²) in [5, 5.41) is 2.72. The Bertz CT molecular complexity index is 803. The fourth-order valence-corrected chi connectivity index (χ4v) is 4.36. The SMILES string of the molecule is CCS(=O)(=O)c1cccc(NC(=O)N(C)Cc2ccc(Br)s2)c1. The fourth-order valence-electron chi connectivity index (χ4n) is 1.90. The van der Waals surface area contributed by atoms with Gasteiger partial charge in [0.2, 0.25) is 0 Å². The van der Waals surface area contributed by atoms with Crippen LogP contribution in [0.25, 0.3) is 0 Å². The molecule has 1 aromatic carbocycles. The minimum absolute atomic E-state index is 0.0254. The van der Waals surface area contributed by atoms with E-state index in [-0.39, 0.29) is 16.7 Å². The standard InChI is InChI=1S/C15H17BrN2O3S2/c1-3-23(20,21)13-6-4-5-11(9-13)17-15(19)18(2)10-12-7-8-14(16)22-12/h4-9H,3,10H2,1-2H3,(H,17,19). The molecular formula is C15H17BrN2O3S2. The lowest BCUT2D eigenvalue weighted by molar-refractivity contribution is 0.221. The molecule has 1 heterocycles. The number of thiophene rings is 1. The Kier molecular flexibility index (Phi) is 5.83. The Hall–Kier alpha value is -1.38. The summed E-state index contributed by atoms with van der Waals surface area (Å²) in [7, 11) is -1.60. The second-order valence-electron chi connectivity index (χ2n) is 4.92. The summed E-state index contributed by atoms with van der Waals surface area (Å²) in [6, 6.07) is 9.89. The van der Waals surface area contributed by atoms with Gasteiger partial charge in [-0.2, -0.15) is 0 Å². The van der Waals surface area contributed by atoms with Gasteiger partial charge in [0.1, 0.15) is 0 Å². The van der Waals surface area contributed by atoms with Gasteiger partial charge in [-0.15, -0.1) is 11.3 Å². The molecule has 23 heavy (non-hydrogen) atoms. The maximum Gasteiger partial charge on any atom is 0.321 e. The number of amides is 2. The number of carbonyl (C=O) groups is 1. The van der Waals surface area contributed by atoms with Gasteiger partial charge in [0.05, 0.1) is 21.0 Å². The van der Waals surface area contributed by atoms with E-state index in [4.69, 9.17) is 0 Å². The normalized spacial score (nSPS) is 11.3. The highest BCUT2D eigenvalue weighted by Crippen LogP contribution is 2.23. The maximum atomic E-state index is 12.2. The number of urea groups is 1. The van der Waals surface area contributed by atoms with Crippen LogP contribution in [0.5, 0.6) is 0 Å². The van der Waals surface area contributed by atoms with Crippen molar-refractivity contribution in [2.45, 2.75) is 18.4 Å². The van der Waals surface area contributed by atoms with Crippen molar-refractivity contribution in [1.29, 1.82) is 0 Å². The number of sulfone groups is 1. The number of nitrogens with one attached hydrogen (secondary N) is 1. The van der Waals surface area contributed by atoms with Crippen LogP contribution in [0.1, 0.15) is 11.8 Å². The third-order valence-electron chi connectivity index (χ3n) is 3.19. The number of anilines is 1. The molecule has 1 aromatic heterocycles. The summed E-state index contributed by atoms with van der Waals surface area (Å²) in [5.41, 5.74) is 0.462. The Morgan fingerprint density at radius 3 is 2.65 bits per heavy atom. The van der Waals surface area contributed by atoms with Gasteiger partial charge in [-0.05, 0) is 46.3 Å². The van der Waals surface area contributed by atoms with Crippen LogP contribution in [-0.4, -0.2) is 32.1 Å². The third-order valence-corrected chi connectivity index (χ3v) is 6.53. The maximum absolute atomic E-state index is 12.2. The summed E-state index contributed by atoms with van der Waals surface area (Å²) < 4.78 is 24.8. The topological polar surface area (TPSA) is 66.5 Å². The van der Waals surface area contributed by atoms with Gasteiger partial charge < -0.3 is 10.2 Å². The first-order valence-corrected chi connectivity index (χ1v) is 10.2. The number of hydrogen-bond acceptors (Lipinski definition) is 4. The van der Waals surface area contributed by atoms with Gasteiger partial charge in [0.25, 0.3) is 0 Å². The van der Waals surface area contributed by atoms with E-state index in [0.29, 0.717) is 12.2 Å². The Labute approximate surface area is 148 Å². The van der Waals surface area contributed by atoms with Crippen molar-refractivity contribution in [1.82, 2.24) is 4.90 Å². The smallest absolute Gasteiger partial charge is 0.321 e. The van der Waals surface area contributed by atoms with E-state index in [1.165, 1.54) is 12.1 Å². The molecule has 0 atom stereocenters. The highest BCUT2D eigenvalue weighted by molar-refractivity contribution is 9.11. The van der Waals surface area contributed by atoms with E-state index in [2.05, 4.69) is 21.2 Å². The van der Waals surface area contributed by atoms with Gasteiger partial charge in [0.15, 0.2) is 9.84 Å². The zero-order chi connectivity index (χ0) is 17.0. The molecule has 0 aliphatic rings. The molecule has 8 heteroatoms. The largest absolute Gasteiger partial charge is 0.322 e. The van der Waals surface area contributed by atoms with E-state index in [1.807, 2.05) is 12.1 Å². The molecule has 2 aromatic rings. The number of hydrogen-bond donors (Lipinski definition) is 1. The van der Waals surface area contributed by atoms with Crippen LogP contribution in [0.15, 0.2) is 45.1 Å². The van der Waals surface area contributed by atoms with E-state index in [1.54, 1.807) is 42.3 Å². The molecule has 2 amide bonds. The van der Waals surface area contributed by atoms with Gasteiger partial charge in [0, 0.05) is 17.6 Å². The van der Waals surface area contributed by atoms with Crippen molar-refractivity contribution >= 4 is 48.8 Å². The van der Waals surface area contributed by atoms with Crippen molar-refractivity contribution in [2.75, 3.05) is 18.1 Å². The molecule has 0 unspecified atom stereocenters. The van der Waals surface area contributed by atoms with E-state index < -0.39 is 9.84 Å². The molecule has 0 spiro atoms. The number of carbonyl (C=O) groups excluding carboxylic acids is 1. The number of benzene rings is 1. The summed E-state index contributed by atoms with van der Waals surface area (Å²) >= 11 is 4.95. The minimum atomic E-state index is -3.29. The van der Waals surface area contributed by atoms with Crippen LogP contribution in [0.2, 0.25) is 0 Å². The van der Waals surface area contributed by atoms with Gasteiger partial charge in [-0.1, -0.05) is 13.0 Å². The molecule has 0 saturated carbocycles. The predicted octanol–water partition coefficient (Wildman–Crippen LogP) is 3.97. The quantitative estimate of drug-likeness (QED) is 0.801. The molecular weight excluding hydrogens is 400 g/mol. The van der Waals surface area contributed by atoms with Crippen molar-refractivity contribution in [3.63, 3.8) is 0 Å². The van der Waals surface area contributed by atoms with Crippen molar-refractivity contribution in [3.8, 4) is 0 Å². The average molecular weight is 417 g/mol. The number of nitrogens with zero attached hydrogens (tertiary/aromatic N) is 1. The lowest BCUT2D eigenvalue weighted by atomic mass is 10.3. The summed E-state index contributed by atoms with van der Waals surface area (Å²) in [6.45, 7) is 2.07. The molecule has 0 bridgehead atoms.